The predicted molar refractivity (Wildman–Crippen MR) is 73.0 cm³/mol. The van der Waals surface area contributed by atoms with Gasteiger partial charge in [-0.15, -0.1) is 10.2 Å². The number of hydrogen-bond acceptors (Lipinski definition) is 5. The van der Waals surface area contributed by atoms with E-state index in [-0.39, 0.29) is 11.7 Å². The van der Waals surface area contributed by atoms with Crippen LogP contribution in [0.15, 0.2) is 22.7 Å². The van der Waals surface area contributed by atoms with Crippen LogP contribution in [0.2, 0.25) is 0 Å². The molecule has 2 rings (SSSR count). The van der Waals surface area contributed by atoms with Gasteiger partial charge in [0, 0.05) is 5.56 Å². The van der Waals surface area contributed by atoms with Crippen LogP contribution in [0.1, 0.15) is 22.3 Å². The lowest BCUT2D eigenvalue weighted by Crippen LogP contribution is -2.11. The largest absolute Gasteiger partial charge is 0.507 e. The standard InChI is InChI=1S/C11H10BrN3O2S/c1-2-9-14-15-11(18-9)13-10(17)6-3-4-7(12)8(16)5-6/h3-5,16H,2H2,1H3,(H,13,15,17). The van der Waals surface area contributed by atoms with Gasteiger partial charge in [-0.25, -0.2) is 0 Å². The fourth-order valence-corrected chi connectivity index (χ4v) is 2.19. The molecule has 0 saturated carbocycles. The third-order valence-electron chi connectivity index (χ3n) is 2.20. The van der Waals surface area contributed by atoms with Crippen molar-refractivity contribution in [2.24, 2.45) is 0 Å². The maximum absolute atomic E-state index is 11.9. The Labute approximate surface area is 116 Å². The van der Waals surface area contributed by atoms with Gasteiger partial charge >= 0.3 is 0 Å². The quantitative estimate of drug-likeness (QED) is 0.908. The highest BCUT2D eigenvalue weighted by Crippen LogP contribution is 2.25. The van der Waals surface area contributed by atoms with Gasteiger partial charge < -0.3 is 5.11 Å². The highest BCUT2D eigenvalue weighted by molar-refractivity contribution is 9.10. The molecule has 94 valence electrons. The smallest absolute Gasteiger partial charge is 0.257 e. The number of carbonyl (C=O) groups excluding carboxylic acids is 1. The summed E-state index contributed by atoms with van der Waals surface area (Å²) in [5.41, 5.74) is 0.365. The van der Waals surface area contributed by atoms with Crippen LogP contribution in [-0.2, 0) is 6.42 Å². The summed E-state index contributed by atoms with van der Waals surface area (Å²) in [6.45, 7) is 1.97. The number of phenols is 1. The molecule has 18 heavy (non-hydrogen) atoms. The number of rotatable bonds is 3. The zero-order valence-corrected chi connectivity index (χ0v) is 11.9. The molecular formula is C11H10BrN3O2S. The molecule has 0 spiro atoms. The van der Waals surface area contributed by atoms with Crippen LogP contribution in [0.25, 0.3) is 0 Å². The summed E-state index contributed by atoms with van der Waals surface area (Å²) in [5, 5.41) is 21.2. The first-order valence-electron chi connectivity index (χ1n) is 5.22. The Balaban J connectivity index is 2.14. The summed E-state index contributed by atoms with van der Waals surface area (Å²) in [6.07, 6.45) is 0.784. The number of nitrogens with zero attached hydrogens (tertiary/aromatic N) is 2. The van der Waals surface area contributed by atoms with Gasteiger partial charge in [0.1, 0.15) is 10.8 Å². The van der Waals surface area contributed by atoms with Crippen molar-refractivity contribution >= 4 is 38.3 Å². The van der Waals surface area contributed by atoms with E-state index >= 15 is 0 Å². The fourth-order valence-electron chi connectivity index (χ4n) is 1.27. The molecule has 2 N–H and O–H groups in total. The fraction of sp³-hybridized carbons (Fsp3) is 0.182. The number of halogens is 1. The van der Waals surface area contributed by atoms with Crippen molar-refractivity contribution in [1.82, 2.24) is 10.2 Å². The molecule has 0 aliphatic rings. The SMILES string of the molecule is CCc1nnc(NC(=O)c2ccc(Br)c(O)c2)s1. The van der Waals surface area contributed by atoms with E-state index in [1.807, 2.05) is 6.92 Å². The first-order chi connectivity index (χ1) is 8.60. The Hall–Kier alpha value is -1.47. The number of benzene rings is 1. The molecule has 0 fully saturated rings. The van der Waals surface area contributed by atoms with Crippen molar-refractivity contribution in [3.8, 4) is 5.75 Å². The Bertz CT molecular complexity index is 585. The molecule has 0 aliphatic heterocycles. The minimum atomic E-state index is -0.323. The van der Waals surface area contributed by atoms with E-state index in [9.17, 15) is 9.90 Å². The van der Waals surface area contributed by atoms with E-state index in [2.05, 4.69) is 31.4 Å². The zero-order valence-electron chi connectivity index (χ0n) is 9.48. The van der Waals surface area contributed by atoms with Crippen LogP contribution in [0, 0.1) is 0 Å². The van der Waals surface area contributed by atoms with Gasteiger partial charge in [-0.05, 0) is 40.5 Å². The molecule has 1 aromatic carbocycles. The van der Waals surface area contributed by atoms with Crippen molar-refractivity contribution < 1.29 is 9.90 Å². The third kappa shape index (κ3) is 2.85. The molecule has 0 unspecified atom stereocenters. The van der Waals surface area contributed by atoms with Gasteiger partial charge in [0.25, 0.3) is 5.91 Å². The summed E-state index contributed by atoms with van der Waals surface area (Å²) in [6, 6.07) is 4.61. The molecule has 0 saturated heterocycles. The van der Waals surface area contributed by atoms with E-state index in [1.165, 1.54) is 17.4 Å². The second kappa shape index (κ2) is 5.45. The molecule has 0 atom stereocenters. The second-order valence-electron chi connectivity index (χ2n) is 3.47. The van der Waals surface area contributed by atoms with Crippen molar-refractivity contribution in [2.45, 2.75) is 13.3 Å². The number of amides is 1. The molecule has 7 heteroatoms. The average Bonchev–Trinajstić information content (AvgIpc) is 2.80. The molecule has 0 aliphatic carbocycles. The normalized spacial score (nSPS) is 10.3. The van der Waals surface area contributed by atoms with E-state index in [1.54, 1.807) is 12.1 Å². The average molecular weight is 328 g/mol. The summed E-state index contributed by atoms with van der Waals surface area (Å²) in [7, 11) is 0. The second-order valence-corrected chi connectivity index (χ2v) is 5.39. The molecule has 1 heterocycles. The number of hydrogen-bond donors (Lipinski definition) is 2. The Morgan fingerprint density at radius 2 is 2.28 bits per heavy atom. The lowest BCUT2D eigenvalue weighted by atomic mass is 10.2. The maximum atomic E-state index is 11.9. The monoisotopic (exact) mass is 327 g/mol. The van der Waals surface area contributed by atoms with Crippen LogP contribution < -0.4 is 5.32 Å². The minimum Gasteiger partial charge on any atom is -0.507 e. The van der Waals surface area contributed by atoms with Gasteiger partial charge in [-0.3, -0.25) is 10.1 Å². The summed E-state index contributed by atoms with van der Waals surface area (Å²) in [4.78, 5) is 11.9. The van der Waals surface area contributed by atoms with Crippen molar-refractivity contribution in [3.63, 3.8) is 0 Å². The van der Waals surface area contributed by atoms with Gasteiger partial charge in [0.2, 0.25) is 5.13 Å². The topological polar surface area (TPSA) is 75.1 Å². The Kier molecular flexibility index (Phi) is 3.93. The van der Waals surface area contributed by atoms with Crippen LogP contribution in [-0.4, -0.2) is 21.2 Å². The molecule has 5 nitrogen and oxygen atoms in total. The van der Waals surface area contributed by atoms with E-state index in [0.29, 0.717) is 15.2 Å². The van der Waals surface area contributed by atoms with Crippen molar-refractivity contribution in [1.29, 1.82) is 0 Å². The summed E-state index contributed by atoms with van der Waals surface area (Å²) in [5.74, 6) is -0.300. The number of aryl methyl sites for hydroxylation is 1. The molecule has 0 radical (unpaired) electrons. The lowest BCUT2D eigenvalue weighted by molar-refractivity contribution is 0.102. The van der Waals surface area contributed by atoms with E-state index < -0.39 is 0 Å². The first-order valence-corrected chi connectivity index (χ1v) is 6.83. The molecule has 1 amide bonds. The number of nitrogens with one attached hydrogen (secondary N) is 1. The maximum Gasteiger partial charge on any atom is 0.257 e. The molecule has 2 aromatic rings. The van der Waals surface area contributed by atoms with Gasteiger partial charge in [0.15, 0.2) is 0 Å². The zero-order chi connectivity index (χ0) is 13.1. The van der Waals surface area contributed by atoms with Crippen LogP contribution >= 0.6 is 27.3 Å². The van der Waals surface area contributed by atoms with Gasteiger partial charge in [-0.1, -0.05) is 18.3 Å². The summed E-state index contributed by atoms with van der Waals surface area (Å²) >= 11 is 4.49. The van der Waals surface area contributed by atoms with Gasteiger partial charge in [-0.2, -0.15) is 0 Å². The number of aromatic hydroxyl groups is 1. The third-order valence-corrected chi connectivity index (χ3v) is 3.85. The van der Waals surface area contributed by atoms with Crippen LogP contribution in [0.4, 0.5) is 5.13 Å². The molecular weight excluding hydrogens is 318 g/mol. The lowest BCUT2D eigenvalue weighted by Gasteiger charge is -2.02. The number of anilines is 1. The van der Waals surface area contributed by atoms with E-state index in [0.717, 1.165) is 11.4 Å². The minimum absolute atomic E-state index is 0.0224. The summed E-state index contributed by atoms with van der Waals surface area (Å²) < 4.78 is 0.545. The van der Waals surface area contributed by atoms with Gasteiger partial charge in [0.05, 0.1) is 4.47 Å². The molecule has 1 aromatic heterocycles. The van der Waals surface area contributed by atoms with Crippen molar-refractivity contribution in [2.75, 3.05) is 5.32 Å². The number of phenolic OH excluding ortho intramolecular Hbond substituents is 1. The van der Waals surface area contributed by atoms with E-state index in [4.69, 9.17) is 0 Å². The first kappa shape index (κ1) is 13.0. The van der Waals surface area contributed by atoms with Crippen molar-refractivity contribution in [3.05, 3.63) is 33.2 Å². The highest BCUT2D eigenvalue weighted by Gasteiger charge is 2.11. The molecule has 0 bridgehead atoms. The highest BCUT2D eigenvalue weighted by atomic mass is 79.9. The van der Waals surface area contributed by atoms with Crippen LogP contribution in [0.5, 0.6) is 5.75 Å². The van der Waals surface area contributed by atoms with Crippen LogP contribution in [0.3, 0.4) is 0 Å². The Morgan fingerprint density at radius 1 is 1.50 bits per heavy atom. The number of carbonyl (C=O) groups is 1. The Morgan fingerprint density at radius 3 is 2.89 bits per heavy atom. The predicted octanol–water partition coefficient (Wildman–Crippen LogP) is 2.82. The number of aromatic nitrogens is 2.